The molecular weight excluding hydrogens is 172 g/mol. The van der Waals surface area contributed by atoms with Gasteiger partial charge in [0.1, 0.15) is 0 Å². The number of rotatable bonds is 3. The van der Waals surface area contributed by atoms with Crippen molar-refractivity contribution in [1.29, 1.82) is 0 Å². The van der Waals surface area contributed by atoms with Gasteiger partial charge in [-0.15, -0.1) is 0 Å². The van der Waals surface area contributed by atoms with Gasteiger partial charge >= 0.3 is 0 Å². The van der Waals surface area contributed by atoms with Crippen molar-refractivity contribution in [2.75, 3.05) is 6.61 Å². The van der Waals surface area contributed by atoms with E-state index in [9.17, 15) is 0 Å². The van der Waals surface area contributed by atoms with E-state index in [1.807, 2.05) is 20.8 Å². The van der Waals surface area contributed by atoms with Crippen LogP contribution >= 0.6 is 0 Å². The normalized spacial score (nSPS) is 19.1. The molecule has 1 fully saturated rings. The molecule has 0 unspecified atom stereocenters. The van der Waals surface area contributed by atoms with Gasteiger partial charge in [0.05, 0.1) is 12.4 Å². The molecule has 0 amide bonds. The van der Waals surface area contributed by atoms with Crippen LogP contribution in [0.15, 0.2) is 12.3 Å². The Morgan fingerprint density at radius 2 is 1.71 bits per heavy atom. The van der Waals surface area contributed by atoms with E-state index < -0.39 is 0 Å². The highest BCUT2D eigenvalue weighted by Crippen LogP contribution is 2.36. The lowest BCUT2D eigenvalue weighted by Crippen LogP contribution is -2.25. The largest absolute Gasteiger partial charge is 0.498 e. The van der Waals surface area contributed by atoms with Gasteiger partial charge in [-0.05, 0) is 19.8 Å². The molecule has 0 spiro atoms. The van der Waals surface area contributed by atoms with Crippen molar-refractivity contribution in [3.05, 3.63) is 12.3 Å². The molecule has 14 heavy (non-hydrogen) atoms. The van der Waals surface area contributed by atoms with Crippen LogP contribution in [-0.4, -0.2) is 6.61 Å². The third-order valence-corrected chi connectivity index (χ3v) is 2.73. The zero-order valence-corrected chi connectivity index (χ0v) is 10.4. The van der Waals surface area contributed by atoms with E-state index in [1.54, 1.807) is 0 Å². The summed E-state index contributed by atoms with van der Waals surface area (Å²) in [6, 6.07) is 0. The molecule has 0 saturated heterocycles. The second-order valence-corrected chi connectivity index (χ2v) is 4.36. The Bertz CT molecular complexity index is 155. The highest BCUT2D eigenvalue weighted by molar-refractivity contribution is 4.82. The molecule has 1 aliphatic carbocycles. The zero-order valence-electron chi connectivity index (χ0n) is 10.4. The molecule has 1 nitrogen and oxygen atoms in total. The van der Waals surface area contributed by atoms with E-state index in [1.165, 1.54) is 32.1 Å². The minimum atomic E-state index is 0.428. The first-order valence-electron chi connectivity index (χ1n) is 5.91. The van der Waals surface area contributed by atoms with E-state index in [2.05, 4.69) is 13.5 Å². The summed E-state index contributed by atoms with van der Waals surface area (Å²) in [4.78, 5) is 0. The summed E-state index contributed by atoms with van der Waals surface area (Å²) in [5, 5.41) is 0. The lowest BCUT2D eigenvalue weighted by molar-refractivity contribution is 0.0723. The maximum absolute atomic E-state index is 5.49. The number of ether oxygens (including phenoxy) is 1. The summed E-state index contributed by atoms with van der Waals surface area (Å²) >= 11 is 0. The van der Waals surface area contributed by atoms with Crippen LogP contribution in [0.3, 0.4) is 0 Å². The van der Waals surface area contributed by atoms with E-state index in [0.29, 0.717) is 5.41 Å². The summed E-state index contributed by atoms with van der Waals surface area (Å²) in [6.45, 7) is 12.9. The predicted molar refractivity (Wildman–Crippen MR) is 63.3 cm³/mol. The molecule has 1 rings (SSSR count). The molecule has 0 aromatic rings. The Morgan fingerprint density at radius 1 is 1.21 bits per heavy atom. The van der Waals surface area contributed by atoms with E-state index in [-0.39, 0.29) is 0 Å². The van der Waals surface area contributed by atoms with Crippen molar-refractivity contribution in [2.24, 2.45) is 5.41 Å². The average Bonchev–Trinajstić information content (AvgIpc) is 2.19. The molecule has 84 valence electrons. The Hall–Kier alpha value is -0.460. The van der Waals surface area contributed by atoms with Gasteiger partial charge in [-0.3, -0.25) is 0 Å². The van der Waals surface area contributed by atoms with Gasteiger partial charge in [0.15, 0.2) is 0 Å². The molecule has 0 radical (unpaired) electrons. The summed E-state index contributed by atoms with van der Waals surface area (Å²) in [5.74, 6) is 0.849. The predicted octanol–water partition coefficient (Wildman–Crippen LogP) is 4.53. The van der Waals surface area contributed by atoms with Crippen molar-refractivity contribution in [3.63, 3.8) is 0 Å². The van der Waals surface area contributed by atoms with E-state index in [0.717, 1.165) is 12.4 Å². The Balaban J connectivity index is 0.000000791. The molecule has 1 heteroatoms. The fraction of sp³-hybridized carbons (Fsp3) is 0.846. The van der Waals surface area contributed by atoms with Gasteiger partial charge in [0, 0.05) is 5.41 Å². The molecule has 0 atom stereocenters. The number of hydrogen-bond acceptors (Lipinski definition) is 1. The lowest BCUT2D eigenvalue weighted by atomic mass is 9.76. The van der Waals surface area contributed by atoms with Gasteiger partial charge in [-0.1, -0.05) is 46.6 Å². The average molecular weight is 198 g/mol. The molecule has 0 heterocycles. The minimum Gasteiger partial charge on any atom is -0.498 e. The molecule has 0 bridgehead atoms. The Morgan fingerprint density at radius 3 is 2.14 bits per heavy atom. The minimum absolute atomic E-state index is 0.428. The molecular formula is C13H26O. The van der Waals surface area contributed by atoms with Crippen molar-refractivity contribution >= 4 is 0 Å². The topological polar surface area (TPSA) is 9.23 Å². The van der Waals surface area contributed by atoms with Crippen LogP contribution in [0.1, 0.15) is 59.8 Å². The smallest absolute Gasteiger partial charge is 0.0930 e. The van der Waals surface area contributed by atoms with Crippen molar-refractivity contribution in [2.45, 2.75) is 59.8 Å². The molecule has 0 N–H and O–H groups in total. The summed E-state index contributed by atoms with van der Waals surface area (Å²) in [5.41, 5.74) is 0.428. The van der Waals surface area contributed by atoms with Gasteiger partial charge < -0.3 is 4.74 Å². The van der Waals surface area contributed by atoms with Crippen molar-refractivity contribution in [1.82, 2.24) is 0 Å². The van der Waals surface area contributed by atoms with Crippen LogP contribution in [-0.2, 0) is 4.74 Å². The second kappa shape index (κ2) is 6.92. The van der Waals surface area contributed by atoms with Gasteiger partial charge in [-0.25, -0.2) is 0 Å². The summed E-state index contributed by atoms with van der Waals surface area (Å²) < 4.78 is 5.49. The zero-order chi connectivity index (χ0) is 11.0. The maximum atomic E-state index is 5.49. The number of hydrogen-bond donors (Lipinski definition) is 0. The Labute approximate surface area is 89.5 Å². The molecule has 1 aliphatic rings. The van der Waals surface area contributed by atoms with Gasteiger partial charge in [0.2, 0.25) is 0 Å². The van der Waals surface area contributed by atoms with Crippen LogP contribution in [0, 0.1) is 5.41 Å². The quantitative estimate of drug-likeness (QED) is 0.605. The number of allylic oxidation sites excluding steroid dienone is 1. The third kappa shape index (κ3) is 5.31. The van der Waals surface area contributed by atoms with Crippen LogP contribution in [0.2, 0.25) is 0 Å². The third-order valence-electron chi connectivity index (χ3n) is 2.73. The molecule has 1 saturated carbocycles. The van der Waals surface area contributed by atoms with E-state index >= 15 is 0 Å². The monoisotopic (exact) mass is 198 g/mol. The van der Waals surface area contributed by atoms with Crippen LogP contribution < -0.4 is 0 Å². The Kier molecular flexibility index (Phi) is 6.69. The first-order chi connectivity index (χ1) is 6.62. The maximum Gasteiger partial charge on any atom is 0.0930 e. The molecule has 0 aromatic carbocycles. The van der Waals surface area contributed by atoms with Gasteiger partial charge in [0.25, 0.3) is 0 Å². The standard InChI is InChI=1S/C11H20O.C2H6/c1-10(2)12-9-11(3)7-5-4-6-8-11;1-2/h1,4-9H2,2-3H3;1-2H3. The van der Waals surface area contributed by atoms with Gasteiger partial charge in [-0.2, -0.15) is 0 Å². The van der Waals surface area contributed by atoms with Crippen LogP contribution in [0.25, 0.3) is 0 Å². The summed E-state index contributed by atoms with van der Waals surface area (Å²) in [7, 11) is 0. The van der Waals surface area contributed by atoms with Crippen molar-refractivity contribution < 1.29 is 4.74 Å². The first kappa shape index (κ1) is 13.5. The first-order valence-corrected chi connectivity index (χ1v) is 5.91. The fourth-order valence-electron chi connectivity index (χ4n) is 1.85. The highest BCUT2D eigenvalue weighted by atomic mass is 16.5. The lowest BCUT2D eigenvalue weighted by Gasteiger charge is -2.33. The van der Waals surface area contributed by atoms with Crippen LogP contribution in [0.5, 0.6) is 0 Å². The van der Waals surface area contributed by atoms with E-state index in [4.69, 9.17) is 4.74 Å². The molecule has 0 aromatic heterocycles. The highest BCUT2D eigenvalue weighted by Gasteiger charge is 2.27. The van der Waals surface area contributed by atoms with Crippen molar-refractivity contribution in [3.8, 4) is 0 Å². The SMILES string of the molecule is C=C(C)OCC1(C)CCCCC1.CC. The molecule has 0 aliphatic heterocycles. The fourth-order valence-corrected chi connectivity index (χ4v) is 1.85. The summed E-state index contributed by atoms with van der Waals surface area (Å²) in [6.07, 6.45) is 6.79. The van der Waals surface area contributed by atoms with Crippen LogP contribution in [0.4, 0.5) is 0 Å². The second-order valence-electron chi connectivity index (χ2n) is 4.36.